The largest absolute Gasteiger partial charge is 0.370 e. The number of aromatic nitrogens is 2. The molecule has 0 bridgehead atoms. The van der Waals surface area contributed by atoms with Gasteiger partial charge in [0.2, 0.25) is 5.91 Å². The standard InChI is InChI=1S/C14H23N5O/c1-4-6-15-12-10(3)13(18-9-17-12)19-8-7-16-14(20)11(19)5-2/h9,11H,4-8H2,1-3H3,(H,16,20)(H,15,17,18). The summed E-state index contributed by atoms with van der Waals surface area (Å²) in [5.74, 6) is 1.80. The normalized spacial score (nSPS) is 18.9. The zero-order valence-electron chi connectivity index (χ0n) is 12.4. The highest BCUT2D eigenvalue weighted by Gasteiger charge is 2.30. The SMILES string of the molecule is CCCNc1ncnc(N2CCNC(=O)C2CC)c1C. The average molecular weight is 277 g/mol. The van der Waals surface area contributed by atoms with Gasteiger partial charge < -0.3 is 15.5 Å². The Morgan fingerprint density at radius 3 is 2.95 bits per heavy atom. The van der Waals surface area contributed by atoms with Crippen LogP contribution in [0.4, 0.5) is 11.6 Å². The molecule has 1 aliphatic rings. The van der Waals surface area contributed by atoms with Crippen molar-refractivity contribution in [3.63, 3.8) is 0 Å². The molecule has 6 nitrogen and oxygen atoms in total. The summed E-state index contributed by atoms with van der Waals surface area (Å²) in [4.78, 5) is 22.7. The monoisotopic (exact) mass is 277 g/mol. The van der Waals surface area contributed by atoms with E-state index in [1.807, 2.05) is 13.8 Å². The first kappa shape index (κ1) is 14.6. The molecular formula is C14H23N5O. The predicted molar refractivity (Wildman–Crippen MR) is 80.0 cm³/mol. The summed E-state index contributed by atoms with van der Waals surface area (Å²) < 4.78 is 0. The Morgan fingerprint density at radius 2 is 2.25 bits per heavy atom. The van der Waals surface area contributed by atoms with Crippen molar-refractivity contribution in [3.05, 3.63) is 11.9 Å². The molecule has 1 unspecified atom stereocenters. The summed E-state index contributed by atoms with van der Waals surface area (Å²) in [6.45, 7) is 8.48. The van der Waals surface area contributed by atoms with Crippen molar-refractivity contribution >= 4 is 17.5 Å². The second kappa shape index (κ2) is 6.54. The van der Waals surface area contributed by atoms with Crippen LogP contribution in [-0.2, 0) is 4.79 Å². The predicted octanol–water partition coefficient (Wildman–Crippen LogP) is 1.32. The third-order valence-corrected chi connectivity index (χ3v) is 3.59. The number of amides is 1. The number of carbonyl (C=O) groups is 1. The number of carbonyl (C=O) groups excluding carboxylic acids is 1. The maximum Gasteiger partial charge on any atom is 0.242 e. The van der Waals surface area contributed by atoms with E-state index in [2.05, 4.69) is 32.4 Å². The van der Waals surface area contributed by atoms with E-state index < -0.39 is 0 Å². The van der Waals surface area contributed by atoms with Gasteiger partial charge in [-0.1, -0.05) is 13.8 Å². The first-order chi connectivity index (χ1) is 9.69. The number of nitrogens with one attached hydrogen (secondary N) is 2. The van der Waals surface area contributed by atoms with E-state index in [1.54, 1.807) is 6.33 Å². The lowest BCUT2D eigenvalue weighted by Gasteiger charge is -2.36. The second-order valence-corrected chi connectivity index (χ2v) is 5.01. The average Bonchev–Trinajstić information content (AvgIpc) is 2.46. The Bertz CT molecular complexity index is 477. The van der Waals surface area contributed by atoms with Gasteiger partial charge in [0.05, 0.1) is 0 Å². The van der Waals surface area contributed by atoms with E-state index in [9.17, 15) is 4.79 Å². The molecule has 2 N–H and O–H groups in total. The minimum atomic E-state index is -0.142. The third kappa shape index (κ3) is 2.84. The Balaban J connectivity index is 2.29. The summed E-state index contributed by atoms with van der Waals surface area (Å²) in [6, 6.07) is -0.142. The van der Waals surface area contributed by atoms with Gasteiger partial charge in [0.15, 0.2) is 0 Å². The highest BCUT2D eigenvalue weighted by molar-refractivity contribution is 5.86. The number of rotatable bonds is 5. The molecule has 1 amide bonds. The van der Waals surface area contributed by atoms with Gasteiger partial charge in [0, 0.05) is 25.2 Å². The van der Waals surface area contributed by atoms with Crippen molar-refractivity contribution in [2.75, 3.05) is 29.9 Å². The molecule has 1 saturated heterocycles. The summed E-state index contributed by atoms with van der Waals surface area (Å²) in [5, 5.41) is 6.22. The van der Waals surface area contributed by atoms with Crippen molar-refractivity contribution in [1.82, 2.24) is 15.3 Å². The first-order valence-electron chi connectivity index (χ1n) is 7.28. The van der Waals surface area contributed by atoms with Crippen LogP contribution in [-0.4, -0.2) is 41.6 Å². The summed E-state index contributed by atoms with van der Waals surface area (Å²) in [7, 11) is 0. The Morgan fingerprint density at radius 1 is 1.45 bits per heavy atom. The summed E-state index contributed by atoms with van der Waals surface area (Å²) in [5.41, 5.74) is 1.01. The van der Waals surface area contributed by atoms with Crippen molar-refractivity contribution in [2.24, 2.45) is 0 Å². The fraction of sp³-hybridized carbons (Fsp3) is 0.643. The fourth-order valence-corrected chi connectivity index (χ4v) is 2.53. The molecule has 2 rings (SSSR count). The van der Waals surface area contributed by atoms with E-state index in [0.717, 1.165) is 43.1 Å². The lowest BCUT2D eigenvalue weighted by Crippen LogP contribution is -2.55. The molecule has 110 valence electrons. The molecule has 1 aromatic rings. The molecule has 1 aliphatic heterocycles. The van der Waals surface area contributed by atoms with Crippen LogP contribution in [0, 0.1) is 6.92 Å². The van der Waals surface area contributed by atoms with Crippen LogP contribution < -0.4 is 15.5 Å². The van der Waals surface area contributed by atoms with Gasteiger partial charge in [-0.15, -0.1) is 0 Å². The molecule has 0 radical (unpaired) electrons. The zero-order valence-corrected chi connectivity index (χ0v) is 12.4. The van der Waals surface area contributed by atoms with Crippen LogP contribution in [0.3, 0.4) is 0 Å². The van der Waals surface area contributed by atoms with Crippen LogP contribution in [0.2, 0.25) is 0 Å². The highest BCUT2D eigenvalue weighted by atomic mass is 16.2. The minimum Gasteiger partial charge on any atom is -0.370 e. The molecule has 0 aliphatic carbocycles. The molecule has 0 aromatic carbocycles. The van der Waals surface area contributed by atoms with Crippen molar-refractivity contribution in [1.29, 1.82) is 0 Å². The van der Waals surface area contributed by atoms with Crippen LogP contribution in [0.15, 0.2) is 6.33 Å². The van der Waals surface area contributed by atoms with E-state index in [4.69, 9.17) is 0 Å². The Kier molecular flexibility index (Phi) is 4.76. The van der Waals surface area contributed by atoms with Crippen molar-refractivity contribution in [3.8, 4) is 0 Å². The molecule has 0 saturated carbocycles. The lowest BCUT2D eigenvalue weighted by atomic mass is 10.1. The van der Waals surface area contributed by atoms with Crippen LogP contribution in [0.1, 0.15) is 32.3 Å². The molecule has 6 heteroatoms. The topological polar surface area (TPSA) is 70.2 Å². The van der Waals surface area contributed by atoms with Gasteiger partial charge in [-0.3, -0.25) is 4.79 Å². The molecule has 0 spiro atoms. The molecule has 2 heterocycles. The third-order valence-electron chi connectivity index (χ3n) is 3.59. The zero-order chi connectivity index (χ0) is 14.5. The summed E-state index contributed by atoms with van der Waals surface area (Å²) >= 11 is 0. The van der Waals surface area contributed by atoms with Gasteiger partial charge in [-0.05, 0) is 19.8 Å². The minimum absolute atomic E-state index is 0.0832. The number of piperazine rings is 1. The van der Waals surface area contributed by atoms with Gasteiger partial charge in [-0.25, -0.2) is 9.97 Å². The fourth-order valence-electron chi connectivity index (χ4n) is 2.53. The van der Waals surface area contributed by atoms with Gasteiger partial charge >= 0.3 is 0 Å². The Labute approximate surface area is 120 Å². The quantitative estimate of drug-likeness (QED) is 0.849. The number of nitrogens with zero attached hydrogens (tertiary/aromatic N) is 3. The van der Waals surface area contributed by atoms with Crippen molar-refractivity contribution < 1.29 is 4.79 Å². The van der Waals surface area contributed by atoms with E-state index in [1.165, 1.54) is 0 Å². The van der Waals surface area contributed by atoms with Gasteiger partial charge in [0.1, 0.15) is 24.0 Å². The first-order valence-corrected chi connectivity index (χ1v) is 7.28. The molecule has 1 fully saturated rings. The smallest absolute Gasteiger partial charge is 0.242 e. The summed E-state index contributed by atoms with van der Waals surface area (Å²) in [6.07, 6.45) is 3.38. The Hall–Kier alpha value is -1.85. The molecule has 1 aromatic heterocycles. The van der Waals surface area contributed by atoms with Gasteiger partial charge in [0.25, 0.3) is 0 Å². The van der Waals surface area contributed by atoms with Gasteiger partial charge in [-0.2, -0.15) is 0 Å². The molecule has 20 heavy (non-hydrogen) atoms. The molecule has 1 atom stereocenters. The molecular weight excluding hydrogens is 254 g/mol. The lowest BCUT2D eigenvalue weighted by molar-refractivity contribution is -0.123. The number of hydrogen-bond acceptors (Lipinski definition) is 5. The van der Waals surface area contributed by atoms with E-state index >= 15 is 0 Å². The van der Waals surface area contributed by atoms with E-state index in [0.29, 0.717) is 6.54 Å². The van der Waals surface area contributed by atoms with Crippen LogP contribution in [0.5, 0.6) is 0 Å². The highest BCUT2D eigenvalue weighted by Crippen LogP contribution is 2.25. The number of hydrogen-bond donors (Lipinski definition) is 2. The number of anilines is 2. The van der Waals surface area contributed by atoms with Crippen molar-refractivity contribution in [2.45, 2.75) is 39.7 Å². The second-order valence-electron chi connectivity index (χ2n) is 5.01. The maximum atomic E-state index is 12.0. The maximum absolute atomic E-state index is 12.0. The van der Waals surface area contributed by atoms with Crippen LogP contribution in [0.25, 0.3) is 0 Å². The van der Waals surface area contributed by atoms with E-state index in [-0.39, 0.29) is 11.9 Å². The van der Waals surface area contributed by atoms with Crippen LogP contribution >= 0.6 is 0 Å².